The zero-order chi connectivity index (χ0) is 19.3. The van der Waals surface area contributed by atoms with Crippen LogP contribution in [0, 0.1) is 17.0 Å². The highest BCUT2D eigenvalue weighted by atomic mass is 35.5. The minimum absolute atomic E-state index is 0.0422. The maximum atomic E-state index is 12.1. The molecule has 2 N–H and O–H groups in total. The van der Waals surface area contributed by atoms with E-state index >= 15 is 0 Å². The van der Waals surface area contributed by atoms with E-state index in [1.54, 1.807) is 18.2 Å². The normalized spacial score (nSPS) is 10.1. The van der Waals surface area contributed by atoms with E-state index in [-0.39, 0.29) is 23.5 Å². The van der Waals surface area contributed by atoms with Gasteiger partial charge in [0.2, 0.25) is 5.91 Å². The fourth-order valence-electron chi connectivity index (χ4n) is 2.11. The maximum Gasteiger partial charge on any atom is 0.311 e. The van der Waals surface area contributed by atoms with Crippen molar-refractivity contribution < 1.29 is 19.2 Å². The Bertz CT molecular complexity index is 869. The van der Waals surface area contributed by atoms with Crippen molar-refractivity contribution in [2.75, 3.05) is 19.0 Å². The molecule has 0 fully saturated rings. The number of nitro groups is 1. The molecule has 0 aromatic heterocycles. The number of ether oxygens (including phenoxy) is 1. The van der Waals surface area contributed by atoms with Crippen molar-refractivity contribution in [1.29, 1.82) is 0 Å². The quantitative estimate of drug-likeness (QED) is 0.594. The molecule has 2 amide bonds. The van der Waals surface area contributed by atoms with E-state index in [2.05, 4.69) is 10.6 Å². The largest absolute Gasteiger partial charge is 0.490 e. The van der Waals surface area contributed by atoms with Crippen LogP contribution in [0.5, 0.6) is 5.75 Å². The van der Waals surface area contributed by atoms with Crippen molar-refractivity contribution >= 4 is 34.8 Å². The third-order valence-electron chi connectivity index (χ3n) is 3.50. The zero-order valence-corrected chi connectivity index (χ0v) is 14.8. The lowest BCUT2D eigenvalue weighted by Gasteiger charge is -2.09. The van der Waals surface area contributed by atoms with Crippen molar-refractivity contribution in [3.05, 3.63) is 62.7 Å². The predicted molar refractivity (Wildman–Crippen MR) is 96.8 cm³/mol. The molecule has 0 saturated heterocycles. The number of aryl methyl sites for hydroxylation is 1. The summed E-state index contributed by atoms with van der Waals surface area (Å²) in [5.41, 5.74) is 1.08. The first-order chi connectivity index (χ1) is 12.3. The van der Waals surface area contributed by atoms with Gasteiger partial charge in [-0.25, -0.2) is 0 Å². The summed E-state index contributed by atoms with van der Waals surface area (Å²) in [6, 6.07) is 8.83. The Kier molecular flexibility index (Phi) is 6.13. The molecular weight excluding hydrogens is 362 g/mol. The lowest BCUT2D eigenvalue weighted by atomic mass is 10.1. The first-order valence-electron chi connectivity index (χ1n) is 7.48. The number of carbonyl (C=O) groups excluding carboxylic acids is 2. The highest BCUT2D eigenvalue weighted by molar-refractivity contribution is 6.31. The summed E-state index contributed by atoms with van der Waals surface area (Å²) in [5.74, 6) is -1.03. The molecule has 0 unspecified atom stereocenters. The molecule has 0 atom stereocenters. The molecule has 2 aromatic carbocycles. The number of anilines is 1. The second-order valence-electron chi connectivity index (χ2n) is 5.34. The Morgan fingerprint density at radius 1 is 1.23 bits per heavy atom. The first-order valence-corrected chi connectivity index (χ1v) is 7.86. The predicted octanol–water partition coefficient (Wildman–Crippen LogP) is 2.93. The van der Waals surface area contributed by atoms with Crippen LogP contribution in [-0.4, -0.2) is 30.4 Å². The van der Waals surface area contributed by atoms with Gasteiger partial charge < -0.3 is 15.4 Å². The third kappa shape index (κ3) is 4.70. The lowest BCUT2D eigenvalue weighted by Crippen LogP contribution is -2.32. The van der Waals surface area contributed by atoms with Crippen molar-refractivity contribution in [2.24, 2.45) is 0 Å². The Balaban J connectivity index is 1.99. The van der Waals surface area contributed by atoms with E-state index in [1.807, 2.05) is 6.92 Å². The number of nitrogens with one attached hydrogen (secondary N) is 2. The van der Waals surface area contributed by atoms with Gasteiger partial charge in [0.25, 0.3) is 5.91 Å². The summed E-state index contributed by atoms with van der Waals surface area (Å²) in [5, 5.41) is 16.5. The molecule has 8 nitrogen and oxygen atoms in total. The van der Waals surface area contributed by atoms with E-state index in [0.717, 1.165) is 11.6 Å². The molecule has 0 heterocycles. The van der Waals surface area contributed by atoms with Crippen molar-refractivity contribution in [2.45, 2.75) is 6.92 Å². The van der Waals surface area contributed by atoms with Gasteiger partial charge in [-0.05, 0) is 36.8 Å². The SMILES string of the molecule is COc1ccc(C(=O)NCC(=O)Nc2ccc(C)c(Cl)c2)cc1[N+](=O)[O-]. The van der Waals surface area contributed by atoms with Crippen molar-refractivity contribution in [3.63, 3.8) is 0 Å². The van der Waals surface area contributed by atoms with E-state index in [4.69, 9.17) is 16.3 Å². The van der Waals surface area contributed by atoms with Crippen LogP contribution in [0.1, 0.15) is 15.9 Å². The minimum atomic E-state index is -0.649. The number of halogens is 1. The lowest BCUT2D eigenvalue weighted by molar-refractivity contribution is -0.385. The van der Waals surface area contributed by atoms with Crippen LogP contribution in [0.3, 0.4) is 0 Å². The Morgan fingerprint density at radius 2 is 1.96 bits per heavy atom. The van der Waals surface area contributed by atoms with Crippen LogP contribution in [0.2, 0.25) is 5.02 Å². The third-order valence-corrected chi connectivity index (χ3v) is 3.91. The van der Waals surface area contributed by atoms with Gasteiger partial charge in [0.15, 0.2) is 5.75 Å². The van der Waals surface area contributed by atoms with E-state index < -0.39 is 16.7 Å². The second kappa shape index (κ2) is 8.30. The summed E-state index contributed by atoms with van der Waals surface area (Å²) < 4.78 is 4.88. The molecule has 26 heavy (non-hydrogen) atoms. The van der Waals surface area contributed by atoms with Gasteiger partial charge in [0.05, 0.1) is 18.6 Å². The zero-order valence-electron chi connectivity index (χ0n) is 14.0. The molecule has 2 aromatic rings. The Labute approximate surface area is 154 Å². The Morgan fingerprint density at radius 3 is 2.58 bits per heavy atom. The topological polar surface area (TPSA) is 111 Å². The van der Waals surface area contributed by atoms with Gasteiger partial charge in [0, 0.05) is 22.3 Å². The van der Waals surface area contributed by atoms with Crippen LogP contribution in [-0.2, 0) is 4.79 Å². The molecule has 0 aliphatic rings. The molecule has 0 spiro atoms. The fourth-order valence-corrected chi connectivity index (χ4v) is 2.29. The molecular formula is C17H16ClN3O5. The highest BCUT2D eigenvalue weighted by Gasteiger charge is 2.18. The molecule has 0 radical (unpaired) electrons. The van der Waals surface area contributed by atoms with E-state index in [9.17, 15) is 19.7 Å². The highest BCUT2D eigenvalue weighted by Crippen LogP contribution is 2.27. The van der Waals surface area contributed by atoms with Crippen LogP contribution in [0.15, 0.2) is 36.4 Å². The van der Waals surface area contributed by atoms with Crippen LogP contribution < -0.4 is 15.4 Å². The van der Waals surface area contributed by atoms with Crippen LogP contribution in [0.4, 0.5) is 11.4 Å². The van der Waals surface area contributed by atoms with Gasteiger partial charge in [-0.15, -0.1) is 0 Å². The molecule has 136 valence electrons. The number of nitrogens with zero attached hydrogens (tertiary/aromatic N) is 1. The summed E-state index contributed by atoms with van der Waals surface area (Å²) >= 11 is 5.98. The molecule has 0 aliphatic carbocycles. The fraction of sp³-hybridized carbons (Fsp3) is 0.176. The van der Waals surface area contributed by atoms with Gasteiger partial charge in [-0.1, -0.05) is 17.7 Å². The average Bonchev–Trinajstić information content (AvgIpc) is 2.62. The summed E-state index contributed by atoms with van der Waals surface area (Å²) in [6.45, 7) is 1.53. The standard InChI is InChI=1S/C17H16ClN3O5/c1-10-3-5-12(8-13(10)18)20-16(22)9-19-17(23)11-4-6-15(26-2)14(7-11)21(24)25/h3-8H,9H2,1-2H3,(H,19,23)(H,20,22). The summed E-state index contributed by atoms with van der Waals surface area (Å²) in [4.78, 5) is 34.4. The minimum Gasteiger partial charge on any atom is -0.490 e. The summed E-state index contributed by atoms with van der Waals surface area (Å²) in [7, 11) is 1.30. The number of rotatable bonds is 6. The number of hydrogen-bond acceptors (Lipinski definition) is 5. The number of methoxy groups -OCH3 is 1. The molecule has 2 rings (SSSR count). The molecule has 0 aliphatic heterocycles. The van der Waals surface area contributed by atoms with E-state index in [1.165, 1.54) is 19.2 Å². The number of carbonyl (C=O) groups is 2. The number of nitro benzene ring substituents is 1. The van der Waals surface area contributed by atoms with Crippen LogP contribution >= 0.6 is 11.6 Å². The number of amides is 2. The smallest absolute Gasteiger partial charge is 0.311 e. The van der Waals surface area contributed by atoms with E-state index in [0.29, 0.717) is 10.7 Å². The van der Waals surface area contributed by atoms with Gasteiger partial charge in [0.1, 0.15) is 0 Å². The first kappa shape index (κ1) is 19.2. The van der Waals surface area contributed by atoms with Gasteiger partial charge in [-0.2, -0.15) is 0 Å². The summed E-state index contributed by atoms with van der Waals surface area (Å²) in [6.07, 6.45) is 0. The van der Waals surface area contributed by atoms with Crippen molar-refractivity contribution in [1.82, 2.24) is 5.32 Å². The number of benzene rings is 2. The number of hydrogen-bond donors (Lipinski definition) is 2. The second-order valence-corrected chi connectivity index (χ2v) is 5.75. The van der Waals surface area contributed by atoms with Crippen molar-refractivity contribution in [3.8, 4) is 5.75 Å². The maximum absolute atomic E-state index is 12.1. The molecule has 0 bridgehead atoms. The van der Waals surface area contributed by atoms with Gasteiger partial charge >= 0.3 is 5.69 Å². The monoisotopic (exact) mass is 377 g/mol. The molecule has 9 heteroatoms. The average molecular weight is 378 g/mol. The molecule has 0 saturated carbocycles. The van der Waals surface area contributed by atoms with Crippen LogP contribution in [0.25, 0.3) is 0 Å². The Hall–Kier alpha value is -3.13. The van der Waals surface area contributed by atoms with Gasteiger partial charge in [-0.3, -0.25) is 19.7 Å².